The molecule has 162 valence electrons. The number of para-hydroxylation sites is 1. The first kappa shape index (κ1) is 21.1. The van der Waals surface area contributed by atoms with Crippen LogP contribution in [0.1, 0.15) is 5.56 Å². The Balaban J connectivity index is 1.41. The number of hydrogen-bond acceptors (Lipinski definition) is 8. The van der Waals surface area contributed by atoms with Crippen molar-refractivity contribution in [2.75, 3.05) is 55.9 Å². The van der Waals surface area contributed by atoms with Crippen LogP contribution in [-0.2, 0) is 6.54 Å². The van der Waals surface area contributed by atoms with Gasteiger partial charge < -0.3 is 25.2 Å². The Morgan fingerprint density at radius 1 is 1.03 bits per heavy atom. The molecular weight excluding hydrogens is 414 g/mol. The number of rotatable bonds is 7. The second-order valence-corrected chi connectivity index (χ2v) is 7.78. The number of anilines is 4. The number of nitrogens with zero attached hydrogens (tertiary/aromatic N) is 5. The van der Waals surface area contributed by atoms with Crippen molar-refractivity contribution in [1.29, 1.82) is 0 Å². The van der Waals surface area contributed by atoms with Crippen LogP contribution in [-0.4, -0.2) is 60.2 Å². The molecule has 2 N–H and O–H groups in total. The van der Waals surface area contributed by atoms with E-state index in [4.69, 9.17) is 16.3 Å². The van der Waals surface area contributed by atoms with E-state index in [-0.39, 0.29) is 0 Å². The summed E-state index contributed by atoms with van der Waals surface area (Å²) in [6.07, 6.45) is 3.45. The van der Waals surface area contributed by atoms with E-state index in [2.05, 4.69) is 48.5 Å². The smallest absolute Gasteiger partial charge is 0.230 e. The Morgan fingerprint density at radius 3 is 2.58 bits per heavy atom. The van der Waals surface area contributed by atoms with E-state index in [0.29, 0.717) is 29.2 Å². The van der Waals surface area contributed by atoms with Crippen molar-refractivity contribution in [3.8, 4) is 5.75 Å². The summed E-state index contributed by atoms with van der Waals surface area (Å²) in [5.41, 5.74) is 2.13. The van der Waals surface area contributed by atoms with E-state index >= 15 is 0 Å². The zero-order valence-corrected chi connectivity index (χ0v) is 18.4. The lowest BCUT2D eigenvalue weighted by atomic mass is 10.2. The van der Waals surface area contributed by atoms with Gasteiger partial charge in [-0.3, -0.25) is 0 Å². The zero-order valence-electron chi connectivity index (χ0n) is 17.7. The maximum absolute atomic E-state index is 6.29. The molecule has 1 saturated heterocycles. The van der Waals surface area contributed by atoms with Gasteiger partial charge in [0.05, 0.1) is 25.2 Å². The van der Waals surface area contributed by atoms with Crippen LogP contribution in [0.15, 0.2) is 48.8 Å². The van der Waals surface area contributed by atoms with E-state index in [1.807, 2.05) is 36.5 Å². The fourth-order valence-electron chi connectivity index (χ4n) is 3.41. The molecule has 9 heteroatoms. The molecule has 0 saturated carbocycles. The summed E-state index contributed by atoms with van der Waals surface area (Å²) in [7, 11) is 3.80. The van der Waals surface area contributed by atoms with E-state index in [1.165, 1.54) is 0 Å². The second kappa shape index (κ2) is 9.80. The van der Waals surface area contributed by atoms with Crippen molar-refractivity contribution < 1.29 is 4.74 Å². The van der Waals surface area contributed by atoms with Crippen LogP contribution in [0.5, 0.6) is 5.75 Å². The molecule has 0 radical (unpaired) electrons. The van der Waals surface area contributed by atoms with Gasteiger partial charge in [0.2, 0.25) is 5.95 Å². The zero-order chi connectivity index (χ0) is 21.6. The molecule has 8 nitrogen and oxygen atoms in total. The molecule has 1 aliphatic heterocycles. The standard InChI is InChI=1S/C22H26ClN7O/c1-29-9-11-30(12-10-29)17-7-8-20(24-14-17)27-22-26-15-18(23)21(28-22)25-13-16-5-3-4-6-19(16)31-2/h3-8,14-15H,9-13H2,1-2H3,(H2,24,25,26,27,28). The number of halogens is 1. The number of benzene rings is 1. The quantitative estimate of drug-likeness (QED) is 0.577. The Kier molecular flexibility index (Phi) is 6.69. The molecule has 0 atom stereocenters. The van der Waals surface area contributed by atoms with E-state index in [0.717, 1.165) is 43.2 Å². The molecule has 1 fully saturated rings. The highest BCUT2D eigenvalue weighted by Gasteiger charge is 2.14. The number of likely N-dealkylation sites (N-methyl/N-ethyl adjacent to an activating group) is 1. The second-order valence-electron chi connectivity index (χ2n) is 7.37. The molecule has 3 heterocycles. The average molecular weight is 440 g/mol. The molecule has 31 heavy (non-hydrogen) atoms. The van der Waals surface area contributed by atoms with Gasteiger partial charge in [-0.1, -0.05) is 29.8 Å². The molecule has 1 aliphatic rings. The van der Waals surface area contributed by atoms with Crippen LogP contribution in [0.3, 0.4) is 0 Å². The SMILES string of the molecule is COc1ccccc1CNc1nc(Nc2ccc(N3CCN(C)CC3)cn2)ncc1Cl. The largest absolute Gasteiger partial charge is 0.496 e. The first-order valence-electron chi connectivity index (χ1n) is 10.2. The monoisotopic (exact) mass is 439 g/mol. The molecular formula is C22H26ClN7O. The van der Waals surface area contributed by atoms with Gasteiger partial charge in [0.25, 0.3) is 0 Å². The predicted molar refractivity (Wildman–Crippen MR) is 125 cm³/mol. The van der Waals surface area contributed by atoms with Gasteiger partial charge in [-0.25, -0.2) is 9.97 Å². The summed E-state index contributed by atoms with van der Waals surface area (Å²) in [6.45, 7) is 4.66. The van der Waals surface area contributed by atoms with Crippen LogP contribution in [0.2, 0.25) is 5.02 Å². The molecule has 4 rings (SSSR count). The van der Waals surface area contributed by atoms with Gasteiger partial charge in [-0.05, 0) is 25.2 Å². The van der Waals surface area contributed by atoms with Gasteiger partial charge in [-0.15, -0.1) is 0 Å². The Labute approximate surface area is 187 Å². The molecule has 0 bridgehead atoms. The third kappa shape index (κ3) is 5.34. The minimum Gasteiger partial charge on any atom is -0.496 e. The fraction of sp³-hybridized carbons (Fsp3) is 0.318. The number of piperazine rings is 1. The number of methoxy groups -OCH3 is 1. The Bertz CT molecular complexity index is 1010. The first-order valence-corrected chi connectivity index (χ1v) is 10.5. The van der Waals surface area contributed by atoms with Crippen LogP contribution < -0.4 is 20.3 Å². The minimum absolute atomic E-state index is 0.423. The first-order chi connectivity index (χ1) is 15.1. The molecule has 0 amide bonds. The average Bonchev–Trinajstić information content (AvgIpc) is 2.80. The molecule has 0 aliphatic carbocycles. The summed E-state index contributed by atoms with van der Waals surface area (Å²) in [5.74, 6) is 2.45. The van der Waals surface area contributed by atoms with Crippen molar-refractivity contribution in [3.63, 3.8) is 0 Å². The van der Waals surface area contributed by atoms with Gasteiger partial charge in [0.1, 0.15) is 16.6 Å². The highest BCUT2D eigenvalue weighted by molar-refractivity contribution is 6.32. The maximum atomic E-state index is 6.29. The summed E-state index contributed by atoms with van der Waals surface area (Å²) >= 11 is 6.29. The lowest BCUT2D eigenvalue weighted by Gasteiger charge is -2.33. The van der Waals surface area contributed by atoms with Gasteiger partial charge >= 0.3 is 0 Å². The third-order valence-corrected chi connectivity index (χ3v) is 5.52. The van der Waals surface area contributed by atoms with Crippen molar-refractivity contribution >= 4 is 34.9 Å². The van der Waals surface area contributed by atoms with Crippen LogP contribution in [0.4, 0.5) is 23.3 Å². The maximum Gasteiger partial charge on any atom is 0.230 e. The van der Waals surface area contributed by atoms with Crippen molar-refractivity contribution in [3.05, 3.63) is 59.4 Å². The molecule has 2 aromatic heterocycles. The van der Waals surface area contributed by atoms with E-state index < -0.39 is 0 Å². The van der Waals surface area contributed by atoms with Crippen LogP contribution in [0.25, 0.3) is 0 Å². The number of pyridine rings is 1. The fourth-order valence-corrected chi connectivity index (χ4v) is 3.56. The topological polar surface area (TPSA) is 78.4 Å². The van der Waals surface area contributed by atoms with Crippen molar-refractivity contribution in [2.45, 2.75) is 6.54 Å². The van der Waals surface area contributed by atoms with Crippen LogP contribution >= 0.6 is 11.6 Å². The molecule has 3 aromatic rings. The summed E-state index contributed by atoms with van der Waals surface area (Å²) in [4.78, 5) is 18.0. The lowest BCUT2D eigenvalue weighted by molar-refractivity contribution is 0.313. The molecule has 1 aromatic carbocycles. The highest BCUT2D eigenvalue weighted by Crippen LogP contribution is 2.24. The normalized spacial score (nSPS) is 14.4. The Hall–Kier alpha value is -3.10. The molecule has 0 unspecified atom stereocenters. The van der Waals surface area contributed by atoms with Crippen LogP contribution in [0, 0.1) is 0 Å². The van der Waals surface area contributed by atoms with E-state index in [1.54, 1.807) is 13.3 Å². The summed E-state index contributed by atoms with van der Waals surface area (Å²) in [6, 6.07) is 11.8. The Morgan fingerprint density at radius 2 is 1.84 bits per heavy atom. The summed E-state index contributed by atoms with van der Waals surface area (Å²) in [5, 5.41) is 6.84. The summed E-state index contributed by atoms with van der Waals surface area (Å²) < 4.78 is 5.39. The number of hydrogen-bond donors (Lipinski definition) is 2. The number of ether oxygens (including phenoxy) is 1. The van der Waals surface area contributed by atoms with Crippen molar-refractivity contribution in [2.24, 2.45) is 0 Å². The lowest BCUT2D eigenvalue weighted by Crippen LogP contribution is -2.44. The molecule has 0 spiro atoms. The van der Waals surface area contributed by atoms with Crippen molar-refractivity contribution in [1.82, 2.24) is 19.9 Å². The van der Waals surface area contributed by atoms with Gasteiger partial charge in [-0.2, -0.15) is 4.98 Å². The third-order valence-electron chi connectivity index (χ3n) is 5.24. The van der Waals surface area contributed by atoms with Gasteiger partial charge in [0, 0.05) is 38.3 Å². The number of aromatic nitrogens is 3. The number of nitrogens with one attached hydrogen (secondary N) is 2. The predicted octanol–water partition coefficient (Wildman–Crippen LogP) is 3.64. The van der Waals surface area contributed by atoms with Gasteiger partial charge in [0.15, 0.2) is 5.82 Å². The van der Waals surface area contributed by atoms with E-state index in [9.17, 15) is 0 Å². The minimum atomic E-state index is 0.423. The highest BCUT2D eigenvalue weighted by atomic mass is 35.5.